The van der Waals surface area contributed by atoms with Gasteiger partial charge in [-0.1, -0.05) is 13.3 Å². The maximum atomic E-state index is 12.1. The second kappa shape index (κ2) is 6.31. The van der Waals surface area contributed by atoms with Crippen LogP contribution in [0.25, 0.3) is 0 Å². The summed E-state index contributed by atoms with van der Waals surface area (Å²) < 4.78 is 6.18. The number of methoxy groups -OCH3 is 1. The van der Waals surface area contributed by atoms with Gasteiger partial charge in [-0.3, -0.25) is 4.79 Å². The number of nitrogens with zero attached hydrogens (tertiary/aromatic N) is 3. The Morgan fingerprint density at radius 2 is 2.21 bits per heavy atom. The zero-order chi connectivity index (χ0) is 14.5. The fourth-order valence-corrected chi connectivity index (χ4v) is 1.85. The van der Waals surface area contributed by atoms with Crippen LogP contribution in [0.15, 0.2) is 12.7 Å². The molecule has 0 aliphatic rings. The van der Waals surface area contributed by atoms with Crippen LogP contribution in [0.4, 0.5) is 0 Å². The molecule has 0 fully saturated rings. The molecule has 1 rings (SSSR count). The number of ether oxygens (including phenoxy) is 1. The van der Waals surface area contributed by atoms with Gasteiger partial charge in [-0.05, 0) is 20.3 Å². The number of hydrogen-bond donors (Lipinski definition) is 1. The first-order valence-electron chi connectivity index (χ1n) is 6.19. The Labute approximate surface area is 112 Å². The number of carbonyl (C=O) groups is 2. The van der Waals surface area contributed by atoms with Crippen molar-refractivity contribution < 1.29 is 14.3 Å². The lowest BCUT2D eigenvalue weighted by molar-refractivity contribution is -0.151. The number of amides is 1. The van der Waals surface area contributed by atoms with Gasteiger partial charge in [-0.15, -0.1) is 0 Å². The highest BCUT2D eigenvalue weighted by Gasteiger charge is 2.36. The lowest BCUT2D eigenvalue weighted by Gasteiger charge is -2.28. The van der Waals surface area contributed by atoms with Crippen molar-refractivity contribution >= 4 is 11.9 Å². The Bertz CT molecular complexity index is 432. The van der Waals surface area contributed by atoms with E-state index < -0.39 is 17.6 Å². The van der Waals surface area contributed by atoms with Crippen molar-refractivity contribution in [3.05, 3.63) is 12.7 Å². The van der Waals surface area contributed by atoms with Gasteiger partial charge in [0.05, 0.1) is 7.11 Å². The third-order valence-corrected chi connectivity index (χ3v) is 3.00. The summed E-state index contributed by atoms with van der Waals surface area (Å²) >= 11 is 0. The molecule has 0 aliphatic carbocycles. The van der Waals surface area contributed by atoms with Gasteiger partial charge in [-0.25, -0.2) is 14.5 Å². The van der Waals surface area contributed by atoms with E-state index in [1.165, 1.54) is 24.4 Å². The van der Waals surface area contributed by atoms with E-state index in [4.69, 9.17) is 4.74 Å². The molecule has 0 spiro atoms. The standard InChI is InChI=1S/C12H20N4O3/c1-5-6-12(3,11(18)19-4)15-10(17)9(2)16-8-13-7-14-16/h7-9H,5-6H2,1-4H3,(H,15,17). The zero-order valence-corrected chi connectivity index (χ0v) is 11.7. The summed E-state index contributed by atoms with van der Waals surface area (Å²) in [6, 6.07) is -0.539. The van der Waals surface area contributed by atoms with E-state index in [1.54, 1.807) is 13.8 Å². The topological polar surface area (TPSA) is 86.1 Å². The van der Waals surface area contributed by atoms with Crippen LogP contribution >= 0.6 is 0 Å². The summed E-state index contributed by atoms with van der Waals surface area (Å²) in [5.74, 6) is -0.750. The monoisotopic (exact) mass is 268 g/mol. The molecule has 0 radical (unpaired) electrons. The average Bonchev–Trinajstić information content (AvgIpc) is 2.90. The first kappa shape index (κ1) is 15.1. The van der Waals surface area contributed by atoms with E-state index in [1.807, 2.05) is 6.92 Å². The molecular formula is C12H20N4O3. The van der Waals surface area contributed by atoms with Crippen LogP contribution in [0, 0.1) is 0 Å². The van der Waals surface area contributed by atoms with Gasteiger partial charge < -0.3 is 10.1 Å². The molecule has 19 heavy (non-hydrogen) atoms. The fraction of sp³-hybridized carbons (Fsp3) is 0.667. The molecule has 0 bridgehead atoms. The molecule has 1 N–H and O–H groups in total. The van der Waals surface area contributed by atoms with Gasteiger partial charge in [0.15, 0.2) is 0 Å². The quantitative estimate of drug-likeness (QED) is 0.767. The minimum atomic E-state index is -1.02. The largest absolute Gasteiger partial charge is 0.467 e. The number of nitrogens with one attached hydrogen (secondary N) is 1. The Morgan fingerprint density at radius 1 is 1.53 bits per heavy atom. The van der Waals surface area contributed by atoms with E-state index in [2.05, 4.69) is 15.4 Å². The highest BCUT2D eigenvalue weighted by Crippen LogP contribution is 2.16. The first-order valence-corrected chi connectivity index (χ1v) is 6.19. The van der Waals surface area contributed by atoms with E-state index >= 15 is 0 Å². The summed E-state index contributed by atoms with van der Waals surface area (Å²) in [4.78, 5) is 27.7. The summed E-state index contributed by atoms with van der Waals surface area (Å²) in [5, 5.41) is 6.64. The van der Waals surface area contributed by atoms with Crippen LogP contribution in [0.3, 0.4) is 0 Å². The van der Waals surface area contributed by atoms with Gasteiger partial charge in [-0.2, -0.15) is 5.10 Å². The Kier molecular flexibility index (Phi) is 5.02. The SMILES string of the molecule is CCCC(C)(NC(=O)C(C)n1cncn1)C(=O)OC. The summed E-state index contributed by atoms with van der Waals surface area (Å²) in [6.07, 6.45) is 4.08. The van der Waals surface area contributed by atoms with Crippen molar-refractivity contribution in [1.29, 1.82) is 0 Å². The van der Waals surface area contributed by atoms with Crippen molar-refractivity contribution in [1.82, 2.24) is 20.1 Å². The van der Waals surface area contributed by atoms with Crippen molar-refractivity contribution in [2.24, 2.45) is 0 Å². The molecule has 106 valence electrons. The number of carbonyl (C=O) groups excluding carboxylic acids is 2. The van der Waals surface area contributed by atoms with E-state index in [-0.39, 0.29) is 5.91 Å². The maximum Gasteiger partial charge on any atom is 0.331 e. The smallest absolute Gasteiger partial charge is 0.331 e. The third kappa shape index (κ3) is 3.52. The molecule has 7 nitrogen and oxygen atoms in total. The minimum absolute atomic E-state index is 0.299. The lowest BCUT2D eigenvalue weighted by Crippen LogP contribution is -2.54. The van der Waals surface area contributed by atoms with Crippen molar-refractivity contribution in [3.63, 3.8) is 0 Å². The number of aromatic nitrogens is 3. The predicted molar refractivity (Wildman–Crippen MR) is 68.2 cm³/mol. The van der Waals surface area contributed by atoms with Crippen LogP contribution in [-0.4, -0.2) is 39.3 Å². The molecule has 2 atom stereocenters. The summed E-state index contributed by atoms with van der Waals surface area (Å²) in [5.41, 5.74) is -1.02. The van der Waals surface area contributed by atoms with Gasteiger partial charge in [0.1, 0.15) is 24.2 Å². The van der Waals surface area contributed by atoms with Crippen molar-refractivity contribution in [2.75, 3.05) is 7.11 Å². The Morgan fingerprint density at radius 3 is 2.68 bits per heavy atom. The second-order valence-electron chi connectivity index (χ2n) is 4.61. The number of esters is 1. The lowest BCUT2D eigenvalue weighted by atomic mass is 9.95. The van der Waals surface area contributed by atoms with Gasteiger partial charge in [0.2, 0.25) is 5.91 Å². The van der Waals surface area contributed by atoms with E-state index in [0.717, 1.165) is 6.42 Å². The molecule has 2 unspecified atom stereocenters. The molecule has 0 aromatic carbocycles. The molecule has 0 saturated heterocycles. The van der Waals surface area contributed by atoms with Crippen LogP contribution < -0.4 is 5.32 Å². The van der Waals surface area contributed by atoms with Crippen LogP contribution in [-0.2, 0) is 14.3 Å². The predicted octanol–water partition coefficient (Wildman–Crippen LogP) is 0.687. The van der Waals surface area contributed by atoms with E-state index in [0.29, 0.717) is 6.42 Å². The first-order chi connectivity index (χ1) is 8.94. The van der Waals surface area contributed by atoms with Gasteiger partial charge >= 0.3 is 5.97 Å². The van der Waals surface area contributed by atoms with Crippen molar-refractivity contribution in [2.45, 2.75) is 45.2 Å². The second-order valence-corrected chi connectivity index (χ2v) is 4.61. The molecule has 7 heteroatoms. The molecular weight excluding hydrogens is 248 g/mol. The normalized spacial score (nSPS) is 15.4. The summed E-state index contributed by atoms with van der Waals surface area (Å²) in [7, 11) is 1.31. The highest BCUT2D eigenvalue weighted by molar-refractivity contribution is 5.89. The van der Waals surface area contributed by atoms with Crippen molar-refractivity contribution in [3.8, 4) is 0 Å². The van der Waals surface area contributed by atoms with Crippen LogP contribution in [0.1, 0.15) is 39.7 Å². The minimum Gasteiger partial charge on any atom is -0.467 e. The van der Waals surface area contributed by atoms with Gasteiger partial charge in [0, 0.05) is 0 Å². The van der Waals surface area contributed by atoms with Crippen LogP contribution in [0.5, 0.6) is 0 Å². The maximum absolute atomic E-state index is 12.1. The van der Waals surface area contributed by atoms with E-state index in [9.17, 15) is 9.59 Å². The Hall–Kier alpha value is -1.92. The highest BCUT2D eigenvalue weighted by atomic mass is 16.5. The summed E-state index contributed by atoms with van der Waals surface area (Å²) in [6.45, 7) is 5.29. The molecule has 0 aliphatic heterocycles. The number of rotatable bonds is 6. The third-order valence-electron chi connectivity index (χ3n) is 3.00. The number of hydrogen-bond acceptors (Lipinski definition) is 5. The average molecular weight is 268 g/mol. The molecule has 1 aromatic heterocycles. The molecule has 0 saturated carbocycles. The molecule has 1 aromatic rings. The Balaban J connectivity index is 2.79. The molecule has 1 amide bonds. The zero-order valence-electron chi connectivity index (χ0n) is 11.7. The van der Waals surface area contributed by atoms with Crippen LogP contribution in [0.2, 0.25) is 0 Å². The molecule has 1 heterocycles. The van der Waals surface area contributed by atoms with Gasteiger partial charge in [0.25, 0.3) is 0 Å². The fourth-order valence-electron chi connectivity index (χ4n) is 1.85.